The molecule has 0 saturated carbocycles. The number of hydrogen-bond acceptors (Lipinski definition) is 3. The van der Waals surface area contributed by atoms with Gasteiger partial charge in [0.2, 0.25) is 0 Å². The summed E-state index contributed by atoms with van der Waals surface area (Å²) in [5.74, 6) is -0.404. The maximum absolute atomic E-state index is 11.0. The molecule has 1 N–H and O–H groups in total. The Morgan fingerprint density at radius 2 is 1.93 bits per heavy atom. The molecular formula is C10H20ClNO3. The molecule has 1 atom stereocenters. The molecule has 0 rings (SSSR count). The summed E-state index contributed by atoms with van der Waals surface area (Å²) >= 11 is 0. The molecule has 0 aliphatic heterocycles. The Balaban J connectivity index is 0. The van der Waals surface area contributed by atoms with Crippen molar-refractivity contribution in [3.8, 4) is 0 Å². The van der Waals surface area contributed by atoms with E-state index < -0.39 is 12.2 Å². The Morgan fingerprint density at radius 3 is 2.27 bits per heavy atom. The zero-order valence-corrected chi connectivity index (χ0v) is 10.5. The topological polar surface area (TPSA) is 46.5 Å². The van der Waals surface area contributed by atoms with E-state index in [1.165, 1.54) is 0 Å². The number of carbonyl (C=O) groups excluding carboxylic acids is 1. The molecule has 0 aliphatic rings. The van der Waals surface area contributed by atoms with Gasteiger partial charge < -0.3 is 26.7 Å². The van der Waals surface area contributed by atoms with Crippen molar-refractivity contribution in [3.63, 3.8) is 0 Å². The van der Waals surface area contributed by atoms with Gasteiger partial charge in [0.15, 0.2) is 6.23 Å². The smallest absolute Gasteiger partial charge is 0.333 e. The third kappa shape index (κ3) is 7.36. The summed E-state index contributed by atoms with van der Waals surface area (Å²) < 4.78 is 5.30. The van der Waals surface area contributed by atoms with Crippen molar-refractivity contribution in [2.75, 3.05) is 27.7 Å². The van der Waals surface area contributed by atoms with Crippen LogP contribution in [0.5, 0.6) is 0 Å². The second-order valence-corrected chi connectivity index (χ2v) is 4.30. The highest BCUT2D eigenvalue weighted by atomic mass is 35.5. The SMILES string of the molecule is C=C(C)C(=O)OCCC(O)[N+](C)(C)C.[Cl-]. The van der Waals surface area contributed by atoms with Gasteiger partial charge in [0.25, 0.3) is 0 Å². The molecular weight excluding hydrogens is 218 g/mol. The van der Waals surface area contributed by atoms with E-state index in [0.717, 1.165) is 0 Å². The molecule has 90 valence electrons. The highest BCUT2D eigenvalue weighted by Gasteiger charge is 2.20. The lowest BCUT2D eigenvalue weighted by atomic mass is 10.3. The maximum atomic E-state index is 11.0. The number of hydrogen-bond donors (Lipinski definition) is 1. The van der Waals surface area contributed by atoms with E-state index in [1.807, 2.05) is 21.1 Å². The minimum Gasteiger partial charge on any atom is -1.00 e. The van der Waals surface area contributed by atoms with E-state index in [0.29, 0.717) is 16.5 Å². The summed E-state index contributed by atoms with van der Waals surface area (Å²) in [5.41, 5.74) is 0.379. The van der Waals surface area contributed by atoms with Crippen molar-refractivity contribution in [1.82, 2.24) is 0 Å². The van der Waals surface area contributed by atoms with Gasteiger partial charge in [0.05, 0.1) is 34.2 Å². The molecule has 1 unspecified atom stereocenters. The summed E-state index contributed by atoms with van der Waals surface area (Å²) in [6.07, 6.45) is -0.0874. The first-order chi connectivity index (χ1) is 6.25. The standard InChI is InChI=1S/C10H20NO3.ClH/c1-8(2)10(13)14-7-6-9(12)11(3,4)5;/h9,12H,1,6-7H2,2-5H3;1H/q+1;/p-1. The molecule has 0 bridgehead atoms. The molecule has 0 aliphatic carbocycles. The zero-order valence-electron chi connectivity index (χ0n) is 9.79. The van der Waals surface area contributed by atoms with Gasteiger partial charge in [0.1, 0.15) is 0 Å². The van der Waals surface area contributed by atoms with Gasteiger partial charge in [-0.3, -0.25) is 0 Å². The van der Waals surface area contributed by atoms with Gasteiger partial charge in [-0.1, -0.05) is 6.58 Å². The first-order valence-electron chi connectivity index (χ1n) is 4.57. The molecule has 0 radical (unpaired) electrons. The van der Waals surface area contributed by atoms with Gasteiger partial charge >= 0.3 is 5.97 Å². The third-order valence-electron chi connectivity index (χ3n) is 1.85. The number of carbonyl (C=O) groups is 1. The number of nitrogens with zero attached hydrogens (tertiary/aromatic N) is 1. The van der Waals surface area contributed by atoms with Crippen molar-refractivity contribution < 1.29 is 31.5 Å². The number of esters is 1. The predicted molar refractivity (Wildman–Crippen MR) is 54.4 cm³/mol. The summed E-state index contributed by atoms with van der Waals surface area (Å²) in [7, 11) is 5.64. The van der Waals surface area contributed by atoms with E-state index in [2.05, 4.69) is 6.58 Å². The lowest BCUT2D eigenvalue weighted by Crippen LogP contribution is -3.00. The Kier molecular flexibility index (Phi) is 7.66. The quantitative estimate of drug-likeness (QED) is 0.249. The molecule has 0 heterocycles. The fourth-order valence-corrected chi connectivity index (χ4v) is 0.768. The van der Waals surface area contributed by atoms with Gasteiger partial charge in [-0.2, -0.15) is 0 Å². The van der Waals surface area contributed by atoms with Crippen molar-refractivity contribution in [2.24, 2.45) is 0 Å². The fourth-order valence-electron chi connectivity index (χ4n) is 0.768. The van der Waals surface area contributed by atoms with Crippen LogP contribution in [0, 0.1) is 0 Å². The van der Waals surface area contributed by atoms with Crippen LogP contribution in [0.4, 0.5) is 0 Å². The summed E-state index contributed by atoms with van der Waals surface area (Å²) in [6, 6.07) is 0. The minimum atomic E-state index is -0.520. The number of aliphatic hydroxyl groups excluding tert-OH is 1. The highest BCUT2D eigenvalue weighted by Crippen LogP contribution is 2.04. The van der Waals surface area contributed by atoms with Crippen LogP contribution in [-0.2, 0) is 9.53 Å². The molecule has 0 aromatic carbocycles. The first kappa shape index (κ1) is 16.8. The van der Waals surface area contributed by atoms with Crippen LogP contribution in [0.25, 0.3) is 0 Å². The van der Waals surface area contributed by atoms with Crippen molar-refractivity contribution >= 4 is 5.97 Å². The van der Waals surface area contributed by atoms with Gasteiger partial charge in [-0.25, -0.2) is 4.79 Å². The van der Waals surface area contributed by atoms with Crippen LogP contribution in [0.3, 0.4) is 0 Å². The molecule has 4 nitrogen and oxygen atoms in total. The van der Waals surface area contributed by atoms with Crippen LogP contribution in [0.15, 0.2) is 12.2 Å². The average molecular weight is 238 g/mol. The lowest BCUT2D eigenvalue weighted by Gasteiger charge is -2.29. The van der Waals surface area contributed by atoms with E-state index in [9.17, 15) is 9.90 Å². The zero-order chi connectivity index (χ0) is 11.4. The van der Waals surface area contributed by atoms with E-state index in [1.54, 1.807) is 6.92 Å². The van der Waals surface area contributed by atoms with Crippen LogP contribution >= 0.6 is 0 Å². The molecule has 0 spiro atoms. The van der Waals surface area contributed by atoms with E-state index >= 15 is 0 Å². The monoisotopic (exact) mass is 237 g/mol. The molecule has 0 aromatic rings. The number of aliphatic hydroxyl groups is 1. The number of halogens is 1. The Labute approximate surface area is 97.5 Å². The van der Waals surface area contributed by atoms with Gasteiger partial charge in [0, 0.05) is 5.57 Å². The Hall–Kier alpha value is -0.580. The summed E-state index contributed by atoms with van der Waals surface area (Å²) in [5, 5.41) is 9.60. The molecule has 5 heteroatoms. The number of rotatable bonds is 5. The van der Waals surface area contributed by atoms with Crippen LogP contribution in [0.1, 0.15) is 13.3 Å². The van der Waals surface area contributed by atoms with Gasteiger partial charge in [-0.05, 0) is 6.92 Å². The maximum Gasteiger partial charge on any atom is 0.333 e. The second kappa shape index (κ2) is 6.82. The van der Waals surface area contributed by atoms with Crippen LogP contribution in [0.2, 0.25) is 0 Å². The molecule has 0 aromatic heterocycles. The Morgan fingerprint density at radius 1 is 1.47 bits per heavy atom. The fraction of sp³-hybridized carbons (Fsp3) is 0.700. The molecule has 15 heavy (non-hydrogen) atoms. The molecule has 0 fully saturated rings. The normalized spacial score (nSPS) is 12.6. The van der Waals surface area contributed by atoms with Crippen molar-refractivity contribution in [3.05, 3.63) is 12.2 Å². The highest BCUT2D eigenvalue weighted by molar-refractivity contribution is 5.86. The third-order valence-corrected chi connectivity index (χ3v) is 1.85. The van der Waals surface area contributed by atoms with E-state index in [-0.39, 0.29) is 19.0 Å². The predicted octanol–water partition coefficient (Wildman–Crippen LogP) is -2.48. The summed E-state index contributed by atoms with van der Waals surface area (Å²) in [4.78, 5) is 11.0. The number of ether oxygens (including phenoxy) is 1. The second-order valence-electron chi connectivity index (χ2n) is 4.30. The summed E-state index contributed by atoms with van der Waals surface area (Å²) in [6.45, 7) is 5.28. The number of quaternary nitrogens is 1. The van der Waals surface area contributed by atoms with Crippen LogP contribution in [-0.4, -0.2) is 49.5 Å². The van der Waals surface area contributed by atoms with Crippen LogP contribution < -0.4 is 12.4 Å². The molecule has 0 saturated heterocycles. The largest absolute Gasteiger partial charge is 1.00 e. The lowest BCUT2D eigenvalue weighted by molar-refractivity contribution is -0.919. The minimum absolute atomic E-state index is 0. The van der Waals surface area contributed by atoms with Crippen molar-refractivity contribution in [2.45, 2.75) is 19.6 Å². The van der Waals surface area contributed by atoms with Crippen molar-refractivity contribution in [1.29, 1.82) is 0 Å². The molecule has 0 amide bonds. The Bertz CT molecular complexity index is 223. The average Bonchev–Trinajstić information content (AvgIpc) is 2.01. The first-order valence-corrected chi connectivity index (χ1v) is 4.57. The van der Waals surface area contributed by atoms with Gasteiger partial charge in [-0.15, -0.1) is 0 Å². The van der Waals surface area contributed by atoms with E-state index in [4.69, 9.17) is 4.74 Å².